The van der Waals surface area contributed by atoms with Crippen LogP contribution in [0.5, 0.6) is 0 Å². The minimum Gasteiger partial charge on any atom is -0.475 e. The molecule has 16 heavy (non-hydrogen) atoms. The van der Waals surface area contributed by atoms with Crippen molar-refractivity contribution in [2.24, 2.45) is 4.99 Å². The largest absolute Gasteiger partial charge is 0.475 e. The van der Waals surface area contributed by atoms with E-state index in [1.165, 1.54) is 0 Å². The molecule has 1 heterocycles. The van der Waals surface area contributed by atoms with Crippen molar-refractivity contribution in [3.05, 3.63) is 32.9 Å². The van der Waals surface area contributed by atoms with Gasteiger partial charge in [0.05, 0.1) is 22.7 Å². The second kappa shape index (κ2) is 4.06. The molecule has 0 fully saturated rings. The topological polar surface area (TPSA) is 45.4 Å². The first-order valence-electron chi connectivity index (χ1n) is 4.95. The number of nitriles is 1. The van der Waals surface area contributed by atoms with Crippen molar-refractivity contribution in [3.8, 4) is 6.07 Å². The van der Waals surface area contributed by atoms with Crippen LogP contribution in [0, 0.1) is 14.9 Å². The number of aliphatic imine (C=N–C) groups is 1. The van der Waals surface area contributed by atoms with E-state index in [0.717, 1.165) is 9.13 Å². The summed E-state index contributed by atoms with van der Waals surface area (Å²) in [4.78, 5) is 4.50. The van der Waals surface area contributed by atoms with Crippen LogP contribution in [-0.2, 0) is 4.74 Å². The zero-order valence-corrected chi connectivity index (χ0v) is 11.3. The van der Waals surface area contributed by atoms with Gasteiger partial charge in [-0.25, -0.2) is 4.99 Å². The van der Waals surface area contributed by atoms with Crippen LogP contribution in [0.1, 0.15) is 25.0 Å². The van der Waals surface area contributed by atoms with Gasteiger partial charge in [-0.3, -0.25) is 0 Å². The summed E-state index contributed by atoms with van der Waals surface area (Å²) in [6.07, 6.45) is 0. The highest BCUT2D eigenvalue weighted by molar-refractivity contribution is 14.1. The molecule has 3 nitrogen and oxygen atoms in total. The maximum atomic E-state index is 9.07. The lowest BCUT2D eigenvalue weighted by molar-refractivity contribution is 0.279. The molecule has 0 N–H and O–H groups in total. The summed E-state index contributed by atoms with van der Waals surface area (Å²) in [6, 6.07) is 7.78. The Balaban J connectivity index is 2.54. The van der Waals surface area contributed by atoms with Gasteiger partial charge in [-0.2, -0.15) is 5.26 Å². The fraction of sp³-hybridized carbons (Fsp3) is 0.333. The molecule has 0 atom stereocenters. The summed E-state index contributed by atoms with van der Waals surface area (Å²) in [6.45, 7) is 4.60. The molecule has 0 saturated heterocycles. The first-order valence-corrected chi connectivity index (χ1v) is 6.03. The molecule has 0 spiro atoms. The van der Waals surface area contributed by atoms with Gasteiger partial charge in [0.2, 0.25) is 5.90 Å². The standard InChI is InChI=1S/C12H11IN2O/c1-12(2)7-16-11(15-12)10-8(6-14)4-3-5-9(10)13/h3-5H,7H2,1-2H3. The average Bonchev–Trinajstić information content (AvgIpc) is 2.58. The van der Waals surface area contributed by atoms with Crippen LogP contribution >= 0.6 is 22.6 Å². The molecule has 0 radical (unpaired) electrons. The molecule has 0 saturated carbocycles. The highest BCUT2D eigenvalue weighted by Gasteiger charge is 2.29. The fourth-order valence-corrected chi connectivity index (χ4v) is 2.28. The second-order valence-electron chi connectivity index (χ2n) is 4.29. The Hall–Kier alpha value is -1.09. The van der Waals surface area contributed by atoms with Crippen LogP contribution in [0.2, 0.25) is 0 Å². The predicted molar refractivity (Wildman–Crippen MR) is 70.4 cm³/mol. The maximum absolute atomic E-state index is 9.07. The normalized spacial score (nSPS) is 17.5. The molecule has 4 heteroatoms. The van der Waals surface area contributed by atoms with Gasteiger partial charge in [-0.15, -0.1) is 0 Å². The molecule has 1 aliphatic heterocycles. The van der Waals surface area contributed by atoms with Crippen LogP contribution in [0.25, 0.3) is 0 Å². The monoisotopic (exact) mass is 326 g/mol. The predicted octanol–water partition coefficient (Wildman–Crippen LogP) is 2.72. The van der Waals surface area contributed by atoms with Crippen molar-refractivity contribution in [2.45, 2.75) is 19.4 Å². The van der Waals surface area contributed by atoms with Crippen molar-refractivity contribution in [1.82, 2.24) is 0 Å². The average molecular weight is 326 g/mol. The van der Waals surface area contributed by atoms with Crippen LogP contribution in [0.4, 0.5) is 0 Å². The highest BCUT2D eigenvalue weighted by Crippen LogP contribution is 2.25. The first kappa shape index (κ1) is 11.4. The zero-order chi connectivity index (χ0) is 11.8. The van der Waals surface area contributed by atoms with Gasteiger partial charge in [0, 0.05) is 3.57 Å². The summed E-state index contributed by atoms with van der Waals surface area (Å²) in [5.74, 6) is 0.589. The zero-order valence-electron chi connectivity index (χ0n) is 9.12. The van der Waals surface area contributed by atoms with Gasteiger partial charge in [-0.1, -0.05) is 6.07 Å². The number of benzene rings is 1. The second-order valence-corrected chi connectivity index (χ2v) is 5.45. The van der Waals surface area contributed by atoms with E-state index in [-0.39, 0.29) is 5.54 Å². The van der Waals surface area contributed by atoms with E-state index in [1.54, 1.807) is 6.07 Å². The molecule has 0 aliphatic carbocycles. The van der Waals surface area contributed by atoms with Gasteiger partial charge in [0.25, 0.3) is 0 Å². The number of nitrogens with zero attached hydrogens (tertiary/aromatic N) is 2. The highest BCUT2D eigenvalue weighted by atomic mass is 127. The molecule has 0 aromatic heterocycles. The van der Waals surface area contributed by atoms with Gasteiger partial charge >= 0.3 is 0 Å². The number of rotatable bonds is 1. The van der Waals surface area contributed by atoms with E-state index in [9.17, 15) is 0 Å². The molecule has 1 aliphatic rings. The molecule has 2 rings (SSSR count). The Kier molecular flexibility index (Phi) is 2.89. The third kappa shape index (κ3) is 2.05. The third-order valence-corrected chi connectivity index (χ3v) is 3.21. The molecule has 0 amide bonds. The minimum absolute atomic E-state index is 0.193. The van der Waals surface area contributed by atoms with Crippen LogP contribution in [-0.4, -0.2) is 18.0 Å². The molecule has 82 valence electrons. The smallest absolute Gasteiger partial charge is 0.219 e. The van der Waals surface area contributed by atoms with Crippen molar-refractivity contribution < 1.29 is 4.74 Å². The first-order chi connectivity index (χ1) is 7.53. The van der Waals surface area contributed by atoms with Crippen LogP contribution in [0.15, 0.2) is 23.2 Å². The summed E-state index contributed by atoms with van der Waals surface area (Å²) in [7, 11) is 0. The lowest BCUT2D eigenvalue weighted by Crippen LogP contribution is -2.17. The summed E-state index contributed by atoms with van der Waals surface area (Å²) in [5.41, 5.74) is 1.24. The molecule has 0 bridgehead atoms. The van der Waals surface area contributed by atoms with Crippen molar-refractivity contribution in [3.63, 3.8) is 0 Å². The maximum Gasteiger partial charge on any atom is 0.219 e. The Labute approximate surface area is 108 Å². The lowest BCUT2D eigenvalue weighted by atomic mass is 10.1. The Morgan fingerprint density at radius 2 is 2.25 bits per heavy atom. The Morgan fingerprint density at radius 1 is 1.50 bits per heavy atom. The fourth-order valence-electron chi connectivity index (χ4n) is 1.55. The molecule has 0 unspecified atom stereocenters. The van der Waals surface area contributed by atoms with Gasteiger partial charge < -0.3 is 4.74 Å². The number of hydrogen-bond acceptors (Lipinski definition) is 3. The summed E-state index contributed by atoms with van der Waals surface area (Å²) in [5, 5.41) is 9.07. The van der Waals surface area contributed by atoms with E-state index >= 15 is 0 Å². The van der Waals surface area contributed by atoms with Gasteiger partial charge in [-0.05, 0) is 48.6 Å². The van der Waals surface area contributed by atoms with Gasteiger partial charge in [0.1, 0.15) is 6.61 Å². The van der Waals surface area contributed by atoms with E-state index < -0.39 is 0 Å². The lowest BCUT2D eigenvalue weighted by Gasteiger charge is -2.07. The van der Waals surface area contributed by atoms with Crippen molar-refractivity contribution in [1.29, 1.82) is 5.26 Å². The quantitative estimate of drug-likeness (QED) is 0.745. The van der Waals surface area contributed by atoms with E-state index in [0.29, 0.717) is 18.1 Å². The van der Waals surface area contributed by atoms with Crippen LogP contribution < -0.4 is 0 Å². The minimum atomic E-state index is -0.193. The Morgan fingerprint density at radius 3 is 2.81 bits per heavy atom. The van der Waals surface area contributed by atoms with Gasteiger partial charge in [0.15, 0.2) is 0 Å². The molecule has 1 aromatic carbocycles. The third-order valence-electron chi connectivity index (χ3n) is 2.31. The molecular weight excluding hydrogens is 315 g/mol. The molecule has 1 aromatic rings. The van der Waals surface area contributed by atoms with Crippen molar-refractivity contribution in [2.75, 3.05) is 6.61 Å². The number of hydrogen-bond donors (Lipinski definition) is 0. The number of ether oxygens (including phenoxy) is 1. The van der Waals surface area contributed by atoms with Crippen molar-refractivity contribution >= 4 is 28.5 Å². The molecular formula is C12H11IN2O. The van der Waals surface area contributed by atoms with E-state index in [1.807, 2.05) is 26.0 Å². The van der Waals surface area contributed by atoms with Crippen LogP contribution in [0.3, 0.4) is 0 Å². The Bertz CT molecular complexity index is 500. The number of halogens is 1. The SMILES string of the molecule is CC1(C)COC(c2c(I)cccc2C#N)=N1. The van der Waals surface area contributed by atoms with E-state index in [4.69, 9.17) is 10.00 Å². The summed E-state index contributed by atoms with van der Waals surface area (Å²) < 4.78 is 6.57. The van der Waals surface area contributed by atoms with E-state index in [2.05, 4.69) is 33.7 Å². The summed E-state index contributed by atoms with van der Waals surface area (Å²) >= 11 is 2.20.